The van der Waals surface area contributed by atoms with Gasteiger partial charge in [-0.05, 0) is 87.5 Å². The molecule has 4 rings (SSSR count). The Hall–Kier alpha value is -3.58. The Balaban J connectivity index is 0.00000160. The van der Waals surface area contributed by atoms with Gasteiger partial charge in [0.2, 0.25) is 0 Å². The van der Waals surface area contributed by atoms with Crippen LogP contribution in [0.4, 0.5) is 0 Å². The van der Waals surface area contributed by atoms with Gasteiger partial charge in [0.05, 0.1) is 23.2 Å². The summed E-state index contributed by atoms with van der Waals surface area (Å²) in [6.45, 7) is 30.7. The van der Waals surface area contributed by atoms with E-state index in [1.165, 1.54) is 47.8 Å². The fraction of sp³-hybridized carbons (Fsp3) is 0.500. The van der Waals surface area contributed by atoms with Gasteiger partial charge in [0.15, 0.2) is 0 Å². The Kier molecular flexibility index (Phi) is 24.4. The molecule has 3 N–H and O–H groups in total. The van der Waals surface area contributed by atoms with Crippen molar-refractivity contribution in [3.63, 3.8) is 0 Å². The van der Waals surface area contributed by atoms with Crippen LogP contribution in [0.15, 0.2) is 80.5 Å². The first-order chi connectivity index (χ1) is 24.1. The molecule has 6 nitrogen and oxygen atoms in total. The van der Waals surface area contributed by atoms with E-state index in [-0.39, 0.29) is 11.5 Å². The molecule has 3 heterocycles. The number of allylic oxidation sites excluding steroid dienone is 1. The standard InChI is InChI=1S/C33H41N3O.C5H12.C3H8.C2H4.CH6N2/c1-8-11-14-25-15-12-17-29(35-25)24-18-19-30-27(21-24)28(22-33(5,6)9-2)32(36(30)10-3)26-16-13-20-34-31(26)23(4)37-7;1-3-5-4-2;1-3-2;1-2;1-3-2/h8,12-13,15-21,23H,1,9-11,14,22H2,2-7H3;3-5H2,1-2H3;3H2,1-2H3;1-2H2;3H,2H2,1H3. The van der Waals surface area contributed by atoms with Crippen LogP contribution in [-0.2, 0) is 24.1 Å². The fourth-order valence-corrected chi connectivity index (χ4v) is 5.44. The van der Waals surface area contributed by atoms with E-state index < -0.39 is 0 Å². The number of nitrogens with zero attached hydrogens (tertiary/aromatic N) is 3. The SMILES string of the molecule is C=C.C=CCCc1cccc(-c2ccc3c(c2)c(CC(C)(C)CC)c(-c2cccnc2C(C)OC)n3CC)n1.CCC.CCCCC.CNN. The van der Waals surface area contributed by atoms with E-state index >= 15 is 0 Å². The Morgan fingerprint density at radius 1 is 1.00 bits per heavy atom. The van der Waals surface area contributed by atoms with Crippen LogP contribution in [0.25, 0.3) is 33.4 Å². The molecule has 0 aliphatic carbocycles. The lowest BCUT2D eigenvalue weighted by molar-refractivity contribution is 0.116. The maximum atomic E-state index is 5.74. The number of aryl methyl sites for hydroxylation is 2. The highest BCUT2D eigenvalue weighted by Gasteiger charge is 2.27. The zero-order valence-corrected chi connectivity index (χ0v) is 33.7. The molecule has 1 aromatic carbocycles. The monoisotopic (exact) mass is 686 g/mol. The van der Waals surface area contributed by atoms with Crippen molar-refractivity contribution in [1.82, 2.24) is 20.0 Å². The topological polar surface area (TPSA) is 78.0 Å². The molecule has 1 atom stereocenters. The molecular formula is C44H71N5O. The van der Waals surface area contributed by atoms with Gasteiger partial charge in [0.1, 0.15) is 0 Å². The van der Waals surface area contributed by atoms with Crippen molar-refractivity contribution in [3.05, 3.63) is 97.5 Å². The molecule has 0 aliphatic rings. The van der Waals surface area contributed by atoms with Gasteiger partial charge >= 0.3 is 0 Å². The summed E-state index contributed by atoms with van der Waals surface area (Å²) < 4.78 is 8.19. The van der Waals surface area contributed by atoms with Crippen molar-refractivity contribution < 1.29 is 4.74 Å². The second-order valence-electron chi connectivity index (χ2n) is 13.0. The van der Waals surface area contributed by atoms with Gasteiger partial charge in [0, 0.05) is 47.6 Å². The quantitative estimate of drug-likeness (QED) is 0.0832. The number of benzene rings is 1. The van der Waals surface area contributed by atoms with Crippen LogP contribution in [-0.4, -0.2) is 28.7 Å². The molecule has 0 aliphatic heterocycles. The molecular weight excluding hydrogens is 615 g/mol. The second kappa shape index (κ2) is 26.3. The minimum atomic E-state index is -0.0929. The summed E-state index contributed by atoms with van der Waals surface area (Å²) in [6, 6.07) is 17.4. The van der Waals surface area contributed by atoms with Crippen molar-refractivity contribution in [2.75, 3.05) is 14.2 Å². The summed E-state index contributed by atoms with van der Waals surface area (Å²) in [5, 5.41) is 1.30. The molecule has 6 heteroatoms. The van der Waals surface area contributed by atoms with Gasteiger partial charge in [-0.2, -0.15) is 0 Å². The number of rotatable bonds is 13. The predicted molar refractivity (Wildman–Crippen MR) is 221 cm³/mol. The van der Waals surface area contributed by atoms with E-state index in [0.717, 1.165) is 60.4 Å². The summed E-state index contributed by atoms with van der Waals surface area (Å²) >= 11 is 0. The van der Waals surface area contributed by atoms with Crippen LogP contribution in [0, 0.1) is 5.41 Å². The third kappa shape index (κ3) is 14.3. The van der Waals surface area contributed by atoms with E-state index in [0.29, 0.717) is 0 Å². The maximum Gasteiger partial charge on any atom is 0.0969 e. The largest absolute Gasteiger partial charge is 0.375 e. The number of nitrogens with one attached hydrogen (secondary N) is 1. The third-order valence-electron chi connectivity index (χ3n) is 8.34. The third-order valence-corrected chi connectivity index (χ3v) is 8.34. The minimum absolute atomic E-state index is 0.0929. The van der Waals surface area contributed by atoms with Gasteiger partial charge in [-0.3, -0.25) is 21.2 Å². The van der Waals surface area contributed by atoms with Crippen molar-refractivity contribution in [1.29, 1.82) is 0 Å². The van der Waals surface area contributed by atoms with Crippen molar-refractivity contribution in [2.24, 2.45) is 11.3 Å². The summed E-state index contributed by atoms with van der Waals surface area (Å²) in [6.07, 6.45) is 13.0. The number of fused-ring (bicyclic) bond motifs is 1. The predicted octanol–water partition coefficient (Wildman–Crippen LogP) is 12.1. The van der Waals surface area contributed by atoms with Gasteiger partial charge in [-0.1, -0.05) is 98.8 Å². The highest BCUT2D eigenvalue weighted by Crippen LogP contribution is 2.42. The van der Waals surface area contributed by atoms with Crippen LogP contribution in [0.2, 0.25) is 0 Å². The van der Waals surface area contributed by atoms with Crippen LogP contribution in [0.3, 0.4) is 0 Å². The Bertz CT molecular complexity index is 1490. The summed E-state index contributed by atoms with van der Waals surface area (Å²) in [4.78, 5) is 9.76. The average molecular weight is 686 g/mol. The van der Waals surface area contributed by atoms with Crippen LogP contribution in [0.1, 0.15) is 124 Å². The van der Waals surface area contributed by atoms with E-state index in [1.54, 1.807) is 14.2 Å². The van der Waals surface area contributed by atoms with E-state index in [1.807, 2.05) is 18.3 Å². The number of hydrogen-bond acceptors (Lipinski definition) is 5. The smallest absolute Gasteiger partial charge is 0.0969 e. The van der Waals surface area contributed by atoms with Crippen LogP contribution < -0.4 is 11.3 Å². The first-order valence-corrected chi connectivity index (χ1v) is 18.7. The van der Waals surface area contributed by atoms with Crippen molar-refractivity contribution in [2.45, 2.75) is 126 Å². The molecule has 4 aromatic rings. The zero-order chi connectivity index (χ0) is 38.1. The van der Waals surface area contributed by atoms with Crippen LogP contribution in [0.5, 0.6) is 0 Å². The molecule has 0 spiro atoms. The van der Waals surface area contributed by atoms with E-state index in [2.05, 4.69) is 140 Å². The number of hydrogen-bond donors (Lipinski definition) is 2. The number of ether oxygens (including phenoxy) is 1. The molecule has 0 amide bonds. The maximum absolute atomic E-state index is 5.74. The number of hydrazine groups is 1. The molecule has 0 fully saturated rings. The Morgan fingerprint density at radius 3 is 2.16 bits per heavy atom. The van der Waals surface area contributed by atoms with E-state index in [4.69, 9.17) is 14.7 Å². The summed E-state index contributed by atoms with van der Waals surface area (Å²) in [5.74, 6) is 4.60. The lowest BCUT2D eigenvalue weighted by atomic mass is 9.81. The lowest BCUT2D eigenvalue weighted by Gasteiger charge is -2.24. The van der Waals surface area contributed by atoms with Gasteiger partial charge in [-0.15, -0.1) is 19.7 Å². The Labute approximate surface area is 306 Å². The average Bonchev–Trinajstić information content (AvgIpc) is 3.44. The molecule has 0 bridgehead atoms. The van der Waals surface area contributed by atoms with Crippen molar-refractivity contribution in [3.8, 4) is 22.5 Å². The van der Waals surface area contributed by atoms with Gasteiger partial charge in [0.25, 0.3) is 0 Å². The molecule has 1 unspecified atom stereocenters. The molecule has 278 valence electrons. The summed E-state index contributed by atoms with van der Waals surface area (Å²) in [5.41, 5.74) is 11.7. The molecule has 3 aromatic heterocycles. The molecule has 0 saturated carbocycles. The fourth-order valence-electron chi connectivity index (χ4n) is 5.44. The van der Waals surface area contributed by atoms with Crippen molar-refractivity contribution >= 4 is 10.9 Å². The number of methoxy groups -OCH3 is 1. The molecule has 50 heavy (non-hydrogen) atoms. The minimum Gasteiger partial charge on any atom is -0.375 e. The van der Waals surface area contributed by atoms with Gasteiger partial charge in [-0.25, -0.2) is 0 Å². The first kappa shape index (κ1) is 46.4. The normalized spacial score (nSPS) is 11.0. The Morgan fingerprint density at radius 2 is 1.64 bits per heavy atom. The number of aromatic nitrogens is 3. The van der Waals surface area contributed by atoms with Gasteiger partial charge < -0.3 is 9.30 Å². The highest BCUT2D eigenvalue weighted by atomic mass is 16.5. The number of nitrogens with two attached hydrogens (primary N) is 1. The highest BCUT2D eigenvalue weighted by molar-refractivity contribution is 5.95. The molecule has 0 saturated heterocycles. The number of pyridine rings is 2. The number of unbranched alkanes of at least 4 members (excludes halogenated alkanes) is 2. The molecule has 0 radical (unpaired) electrons. The lowest BCUT2D eigenvalue weighted by Crippen LogP contribution is -2.14. The summed E-state index contributed by atoms with van der Waals surface area (Å²) in [7, 11) is 3.40. The van der Waals surface area contributed by atoms with Crippen LogP contribution >= 0.6 is 0 Å². The second-order valence-corrected chi connectivity index (χ2v) is 13.0. The van der Waals surface area contributed by atoms with E-state index in [9.17, 15) is 0 Å². The zero-order valence-electron chi connectivity index (χ0n) is 33.7. The first-order valence-electron chi connectivity index (χ1n) is 18.7.